The normalized spacial score (nSPS) is 11.6. The first kappa shape index (κ1) is 13.6. The molecule has 1 atom stereocenters. The number of nitrogens with one attached hydrogen (secondary N) is 1. The Morgan fingerprint density at radius 2 is 1.89 bits per heavy atom. The summed E-state index contributed by atoms with van der Waals surface area (Å²) in [6.45, 7) is -0.439. The molecule has 8 nitrogen and oxygen atoms in total. The van der Waals surface area contributed by atoms with Crippen molar-refractivity contribution in [3.05, 3.63) is 39.9 Å². The van der Waals surface area contributed by atoms with Crippen molar-refractivity contribution in [2.75, 3.05) is 6.54 Å². The second-order valence-electron chi connectivity index (χ2n) is 3.37. The summed E-state index contributed by atoms with van der Waals surface area (Å²) in [6, 6.07) is 4.78. The Balaban J connectivity index is 2.62. The Morgan fingerprint density at radius 3 is 2.33 bits per heavy atom. The predicted molar refractivity (Wildman–Crippen MR) is 59.1 cm³/mol. The highest BCUT2D eigenvalue weighted by Gasteiger charge is 2.15. The molecule has 3 N–H and O–H groups in total. The standard InChI is InChI=1S/C10H10N2O6/c13-8(10(15)16)5-11-9(14)6-1-3-7(4-2-6)12(17)18/h1-4,8,13H,5H2,(H,11,14)(H,15,16)/t8-/m0/s1. The van der Waals surface area contributed by atoms with Crippen molar-refractivity contribution >= 4 is 17.6 Å². The molecule has 0 heterocycles. The molecule has 1 rings (SSSR count). The fourth-order valence-corrected chi connectivity index (χ4v) is 1.11. The topological polar surface area (TPSA) is 130 Å². The van der Waals surface area contributed by atoms with E-state index < -0.39 is 29.4 Å². The van der Waals surface area contributed by atoms with Gasteiger partial charge >= 0.3 is 5.97 Å². The molecule has 0 saturated carbocycles. The Bertz CT molecular complexity index is 470. The highest BCUT2D eigenvalue weighted by Crippen LogP contribution is 2.11. The minimum Gasteiger partial charge on any atom is -0.479 e. The monoisotopic (exact) mass is 254 g/mol. The lowest BCUT2D eigenvalue weighted by atomic mass is 10.2. The molecule has 0 saturated heterocycles. The molecule has 0 aliphatic heterocycles. The van der Waals surface area contributed by atoms with E-state index in [1.54, 1.807) is 0 Å². The molecule has 0 bridgehead atoms. The zero-order valence-electron chi connectivity index (χ0n) is 9.07. The van der Waals surface area contributed by atoms with E-state index in [1.165, 1.54) is 12.1 Å². The molecule has 1 aromatic carbocycles. The van der Waals surface area contributed by atoms with Crippen LogP contribution in [0.1, 0.15) is 10.4 Å². The summed E-state index contributed by atoms with van der Waals surface area (Å²) in [5, 5.41) is 29.9. The fourth-order valence-electron chi connectivity index (χ4n) is 1.11. The van der Waals surface area contributed by atoms with Gasteiger partial charge in [-0.1, -0.05) is 0 Å². The van der Waals surface area contributed by atoms with E-state index in [2.05, 4.69) is 5.32 Å². The number of non-ortho nitro benzene ring substituents is 1. The minimum atomic E-state index is -1.69. The zero-order chi connectivity index (χ0) is 13.7. The van der Waals surface area contributed by atoms with Gasteiger partial charge < -0.3 is 15.5 Å². The third-order valence-electron chi connectivity index (χ3n) is 2.08. The average molecular weight is 254 g/mol. The van der Waals surface area contributed by atoms with E-state index in [4.69, 9.17) is 10.2 Å². The molecule has 0 aromatic heterocycles. The first-order valence-corrected chi connectivity index (χ1v) is 4.85. The third-order valence-corrected chi connectivity index (χ3v) is 2.08. The lowest BCUT2D eigenvalue weighted by molar-refractivity contribution is -0.384. The van der Waals surface area contributed by atoms with Crippen LogP contribution in [0, 0.1) is 10.1 Å². The maximum Gasteiger partial charge on any atom is 0.334 e. The lowest BCUT2D eigenvalue weighted by Crippen LogP contribution is -2.36. The Kier molecular flexibility index (Phi) is 4.33. The highest BCUT2D eigenvalue weighted by molar-refractivity contribution is 5.94. The fraction of sp³-hybridized carbons (Fsp3) is 0.200. The summed E-state index contributed by atoms with van der Waals surface area (Å²) < 4.78 is 0. The average Bonchev–Trinajstić information content (AvgIpc) is 2.35. The second kappa shape index (κ2) is 5.73. The molecular formula is C10H10N2O6. The summed E-state index contributed by atoms with van der Waals surface area (Å²) in [5.41, 5.74) is -0.0182. The van der Waals surface area contributed by atoms with E-state index in [9.17, 15) is 19.7 Å². The van der Waals surface area contributed by atoms with Crippen LogP contribution in [0.15, 0.2) is 24.3 Å². The van der Waals surface area contributed by atoms with Crippen LogP contribution in [0.2, 0.25) is 0 Å². The molecule has 0 fully saturated rings. The van der Waals surface area contributed by atoms with Crippen LogP contribution in [-0.4, -0.2) is 39.7 Å². The molecular weight excluding hydrogens is 244 g/mol. The molecule has 18 heavy (non-hydrogen) atoms. The van der Waals surface area contributed by atoms with Crippen molar-refractivity contribution in [2.24, 2.45) is 0 Å². The highest BCUT2D eigenvalue weighted by atomic mass is 16.6. The maximum atomic E-state index is 11.5. The minimum absolute atomic E-state index is 0.137. The Labute approximate surface area is 101 Å². The largest absolute Gasteiger partial charge is 0.479 e. The third kappa shape index (κ3) is 3.52. The maximum absolute atomic E-state index is 11.5. The number of rotatable bonds is 5. The number of aliphatic hydroxyl groups excluding tert-OH is 1. The number of hydrogen-bond acceptors (Lipinski definition) is 5. The van der Waals surface area contributed by atoms with Crippen LogP contribution in [0.25, 0.3) is 0 Å². The summed E-state index contributed by atoms with van der Waals surface area (Å²) in [5.74, 6) is -2.07. The number of carbonyl (C=O) groups is 2. The van der Waals surface area contributed by atoms with Crippen molar-refractivity contribution in [3.63, 3.8) is 0 Å². The first-order valence-electron chi connectivity index (χ1n) is 4.85. The molecule has 1 amide bonds. The van der Waals surface area contributed by atoms with Crippen LogP contribution in [-0.2, 0) is 4.79 Å². The van der Waals surface area contributed by atoms with Crippen LogP contribution in [0.4, 0.5) is 5.69 Å². The molecule has 0 aliphatic carbocycles. The summed E-state index contributed by atoms with van der Waals surface area (Å²) in [4.78, 5) is 31.5. The number of carboxylic acid groups (broad SMARTS) is 1. The van der Waals surface area contributed by atoms with Crippen molar-refractivity contribution < 1.29 is 24.7 Å². The van der Waals surface area contributed by atoms with Gasteiger partial charge in [0, 0.05) is 17.7 Å². The number of hydrogen-bond donors (Lipinski definition) is 3. The number of benzene rings is 1. The number of nitro benzene ring substituents is 1. The number of amides is 1. The van der Waals surface area contributed by atoms with E-state index in [-0.39, 0.29) is 11.3 Å². The van der Waals surface area contributed by atoms with Crippen LogP contribution < -0.4 is 5.32 Å². The number of aliphatic carboxylic acids is 1. The van der Waals surface area contributed by atoms with Gasteiger partial charge in [-0.3, -0.25) is 14.9 Å². The van der Waals surface area contributed by atoms with Crippen LogP contribution in [0.3, 0.4) is 0 Å². The van der Waals surface area contributed by atoms with E-state index in [1.807, 2.05) is 0 Å². The number of aliphatic hydroxyl groups is 1. The van der Waals surface area contributed by atoms with Gasteiger partial charge in [0.2, 0.25) is 0 Å². The quantitative estimate of drug-likeness (QED) is 0.491. The smallest absolute Gasteiger partial charge is 0.334 e. The SMILES string of the molecule is O=C(NC[C@H](O)C(=O)O)c1ccc([N+](=O)[O-])cc1. The van der Waals surface area contributed by atoms with E-state index >= 15 is 0 Å². The Hall–Kier alpha value is -2.48. The molecule has 0 aliphatic rings. The van der Waals surface area contributed by atoms with Crippen molar-refractivity contribution in [1.29, 1.82) is 0 Å². The number of carboxylic acids is 1. The van der Waals surface area contributed by atoms with Gasteiger partial charge in [0.15, 0.2) is 6.10 Å². The molecule has 1 aromatic rings. The molecule has 0 radical (unpaired) electrons. The van der Waals surface area contributed by atoms with Gasteiger partial charge in [-0.05, 0) is 12.1 Å². The van der Waals surface area contributed by atoms with Gasteiger partial charge in [-0.15, -0.1) is 0 Å². The molecule has 96 valence electrons. The number of nitrogens with zero attached hydrogens (tertiary/aromatic N) is 1. The van der Waals surface area contributed by atoms with Gasteiger partial charge in [0.1, 0.15) is 0 Å². The second-order valence-corrected chi connectivity index (χ2v) is 3.37. The van der Waals surface area contributed by atoms with Gasteiger partial charge in [-0.25, -0.2) is 4.79 Å². The Morgan fingerprint density at radius 1 is 1.33 bits per heavy atom. The van der Waals surface area contributed by atoms with Crippen molar-refractivity contribution in [3.8, 4) is 0 Å². The van der Waals surface area contributed by atoms with E-state index in [0.29, 0.717) is 0 Å². The lowest BCUT2D eigenvalue weighted by Gasteiger charge is -2.07. The van der Waals surface area contributed by atoms with Crippen LogP contribution >= 0.6 is 0 Å². The van der Waals surface area contributed by atoms with Gasteiger partial charge in [0.25, 0.3) is 11.6 Å². The first-order chi connectivity index (χ1) is 8.41. The number of nitro groups is 1. The molecule has 0 spiro atoms. The number of carbonyl (C=O) groups excluding carboxylic acids is 1. The summed E-state index contributed by atoms with van der Waals surface area (Å²) in [6.07, 6.45) is -1.69. The zero-order valence-corrected chi connectivity index (χ0v) is 9.07. The van der Waals surface area contributed by atoms with Crippen molar-refractivity contribution in [2.45, 2.75) is 6.10 Å². The van der Waals surface area contributed by atoms with Crippen LogP contribution in [0.5, 0.6) is 0 Å². The van der Waals surface area contributed by atoms with Gasteiger partial charge in [-0.2, -0.15) is 0 Å². The summed E-state index contributed by atoms with van der Waals surface area (Å²) in [7, 11) is 0. The van der Waals surface area contributed by atoms with E-state index in [0.717, 1.165) is 12.1 Å². The molecule has 8 heteroatoms. The molecule has 0 unspecified atom stereocenters. The van der Waals surface area contributed by atoms with Crippen molar-refractivity contribution in [1.82, 2.24) is 5.32 Å². The predicted octanol–water partition coefficient (Wildman–Crippen LogP) is -0.230. The summed E-state index contributed by atoms with van der Waals surface area (Å²) >= 11 is 0. The van der Waals surface area contributed by atoms with Gasteiger partial charge in [0.05, 0.1) is 11.5 Å².